The van der Waals surface area contributed by atoms with Crippen molar-refractivity contribution >= 4 is 5.69 Å². The highest BCUT2D eigenvalue weighted by molar-refractivity contribution is 5.48. The molecule has 1 N–H and O–H groups in total. The van der Waals surface area contributed by atoms with Gasteiger partial charge in [-0.3, -0.25) is 0 Å². The van der Waals surface area contributed by atoms with E-state index in [4.69, 9.17) is 0 Å². The monoisotopic (exact) mass is 251 g/mol. The van der Waals surface area contributed by atoms with Gasteiger partial charge in [-0.1, -0.05) is 0 Å². The van der Waals surface area contributed by atoms with E-state index >= 15 is 0 Å². The average molecular weight is 251 g/mol. The fourth-order valence-electron chi connectivity index (χ4n) is 2.54. The number of nitrogens with one attached hydrogen (secondary N) is 1. The van der Waals surface area contributed by atoms with E-state index in [1.54, 1.807) is 12.1 Å². The van der Waals surface area contributed by atoms with Gasteiger partial charge in [-0.2, -0.15) is 0 Å². The number of nitrogens with zero attached hydrogens (tertiary/aromatic N) is 2. The molecule has 1 fully saturated rings. The maximum atomic E-state index is 13.0. The second kappa shape index (κ2) is 6.16. The van der Waals surface area contributed by atoms with Crippen molar-refractivity contribution in [1.29, 1.82) is 0 Å². The van der Waals surface area contributed by atoms with E-state index in [1.165, 1.54) is 0 Å². The summed E-state index contributed by atoms with van der Waals surface area (Å²) in [6.07, 6.45) is 1.11. The van der Waals surface area contributed by atoms with Crippen molar-refractivity contribution in [3.63, 3.8) is 0 Å². The quantitative estimate of drug-likeness (QED) is 0.876. The van der Waals surface area contributed by atoms with Crippen molar-refractivity contribution in [2.75, 3.05) is 45.2 Å². The van der Waals surface area contributed by atoms with Crippen LogP contribution in [0, 0.1) is 5.82 Å². The minimum absolute atomic E-state index is 0.167. The topological polar surface area (TPSA) is 18.5 Å². The molecule has 0 saturated carbocycles. The Hall–Kier alpha value is -1.13. The van der Waals surface area contributed by atoms with E-state index in [0.29, 0.717) is 6.04 Å². The van der Waals surface area contributed by atoms with Crippen LogP contribution >= 0.6 is 0 Å². The van der Waals surface area contributed by atoms with Crippen molar-refractivity contribution in [2.45, 2.75) is 12.5 Å². The lowest BCUT2D eigenvalue weighted by atomic mass is 10.1. The molecule has 0 aliphatic carbocycles. The summed E-state index contributed by atoms with van der Waals surface area (Å²) >= 11 is 0. The number of rotatable bonds is 4. The molecular weight excluding hydrogens is 229 g/mol. The van der Waals surface area contributed by atoms with Crippen LogP contribution in [0.4, 0.5) is 10.1 Å². The molecule has 1 unspecified atom stereocenters. The Morgan fingerprint density at radius 2 is 2.00 bits per heavy atom. The van der Waals surface area contributed by atoms with Gasteiger partial charge in [0.25, 0.3) is 0 Å². The molecule has 0 radical (unpaired) electrons. The van der Waals surface area contributed by atoms with Crippen LogP contribution in [0.1, 0.15) is 6.42 Å². The van der Waals surface area contributed by atoms with Gasteiger partial charge in [-0.05, 0) is 51.3 Å². The first-order valence-electron chi connectivity index (χ1n) is 6.56. The molecule has 0 aromatic heterocycles. The van der Waals surface area contributed by atoms with Crippen molar-refractivity contribution < 1.29 is 4.39 Å². The molecular formula is C14H22FN3. The van der Waals surface area contributed by atoms with Gasteiger partial charge in [0.05, 0.1) is 0 Å². The summed E-state index contributed by atoms with van der Waals surface area (Å²) < 4.78 is 13.0. The van der Waals surface area contributed by atoms with Crippen molar-refractivity contribution in [2.24, 2.45) is 0 Å². The number of halogens is 1. The van der Waals surface area contributed by atoms with E-state index in [1.807, 2.05) is 19.2 Å². The third-order valence-corrected chi connectivity index (χ3v) is 3.57. The molecule has 1 heterocycles. The highest BCUT2D eigenvalue weighted by Gasteiger charge is 2.24. The maximum Gasteiger partial charge on any atom is 0.123 e. The van der Waals surface area contributed by atoms with Crippen molar-refractivity contribution in [3.8, 4) is 0 Å². The van der Waals surface area contributed by atoms with Crippen LogP contribution in [-0.2, 0) is 0 Å². The number of hydrogen-bond donors (Lipinski definition) is 1. The Bertz CT molecular complexity index is 366. The van der Waals surface area contributed by atoms with Gasteiger partial charge in [0.15, 0.2) is 0 Å². The van der Waals surface area contributed by atoms with Gasteiger partial charge < -0.3 is 15.1 Å². The smallest absolute Gasteiger partial charge is 0.123 e. The number of anilines is 1. The van der Waals surface area contributed by atoms with Crippen LogP contribution < -0.4 is 10.2 Å². The van der Waals surface area contributed by atoms with Crippen LogP contribution in [0.25, 0.3) is 0 Å². The third kappa shape index (κ3) is 3.21. The van der Waals surface area contributed by atoms with Gasteiger partial charge in [-0.15, -0.1) is 0 Å². The molecule has 1 aromatic rings. The van der Waals surface area contributed by atoms with Crippen LogP contribution in [0.2, 0.25) is 0 Å². The zero-order chi connectivity index (χ0) is 13.0. The summed E-state index contributed by atoms with van der Waals surface area (Å²) in [5.41, 5.74) is 1.13. The number of likely N-dealkylation sites (N-methyl/N-ethyl adjacent to an activating group) is 1. The van der Waals surface area contributed by atoms with E-state index in [9.17, 15) is 4.39 Å². The van der Waals surface area contributed by atoms with E-state index in [0.717, 1.165) is 38.3 Å². The second-order valence-corrected chi connectivity index (χ2v) is 4.98. The van der Waals surface area contributed by atoms with Crippen LogP contribution in [0.3, 0.4) is 0 Å². The fourth-order valence-corrected chi connectivity index (χ4v) is 2.54. The molecule has 0 amide bonds. The van der Waals surface area contributed by atoms with Crippen LogP contribution in [0.15, 0.2) is 24.3 Å². The summed E-state index contributed by atoms with van der Waals surface area (Å²) in [4.78, 5) is 4.76. The van der Waals surface area contributed by atoms with E-state index < -0.39 is 0 Å². The van der Waals surface area contributed by atoms with Crippen molar-refractivity contribution in [1.82, 2.24) is 10.2 Å². The maximum absolute atomic E-state index is 13.0. The minimum Gasteiger partial charge on any atom is -0.366 e. The lowest BCUT2D eigenvalue weighted by molar-refractivity contribution is 0.260. The SMILES string of the molecule is CNCCC1CN(C)CCN1c1ccc(F)cc1. The number of hydrogen-bond acceptors (Lipinski definition) is 3. The first-order valence-corrected chi connectivity index (χ1v) is 6.56. The third-order valence-electron chi connectivity index (χ3n) is 3.57. The molecule has 2 rings (SSSR count). The summed E-state index contributed by atoms with van der Waals surface area (Å²) in [6.45, 7) is 4.15. The molecule has 0 spiro atoms. The molecule has 100 valence electrons. The summed E-state index contributed by atoms with van der Waals surface area (Å²) in [5, 5.41) is 3.21. The average Bonchev–Trinajstić information content (AvgIpc) is 2.38. The van der Waals surface area contributed by atoms with E-state index in [2.05, 4.69) is 22.2 Å². The lowest BCUT2D eigenvalue weighted by Gasteiger charge is -2.41. The highest BCUT2D eigenvalue weighted by atomic mass is 19.1. The molecule has 3 nitrogen and oxygen atoms in total. The normalized spacial score (nSPS) is 21.3. The first-order chi connectivity index (χ1) is 8.70. The summed E-state index contributed by atoms with van der Waals surface area (Å²) in [7, 11) is 4.14. The Morgan fingerprint density at radius 3 is 2.67 bits per heavy atom. The largest absolute Gasteiger partial charge is 0.366 e. The predicted molar refractivity (Wildman–Crippen MR) is 73.6 cm³/mol. The second-order valence-electron chi connectivity index (χ2n) is 4.98. The molecule has 1 aromatic carbocycles. The first kappa shape index (κ1) is 13.3. The predicted octanol–water partition coefficient (Wildman–Crippen LogP) is 1.56. The minimum atomic E-state index is -0.167. The fraction of sp³-hybridized carbons (Fsp3) is 0.571. The Balaban J connectivity index is 2.09. The van der Waals surface area contributed by atoms with Gasteiger partial charge in [0, 0.05) is 31.4 Å². The molecule has 1 atom stereocenters. The molecule has 4 heteroatoms. The van der Waals surface area contributed by atoms with Crippen molar-refractivity contribution in [3.05, 3.63) is 30.1 Å². The van der Waals surface area contributed by atoms with E-state index in [-0.39, 0.29) is 5.82 Å². The molecule has 0 bridgehead atoms. The Morgan fingerprint density at radius 1 is 1.28 bits per heavy atom. The molecule has 1 saturated heterocycles. The van der Waals surface area contributed by atoms with Gasteiger partial charge in [0.2, 0.25) is 0 Å². The number of benzene rings is 1. The standard InChI is InChI=1S/C14H22FN3/c1-16-8-7-14-11-17(2)9-10-18(14)13-5-3-12(15)4-6-13/h3-6,14,16H,7-11H2,1-2H3. The molecule has 1 aliphatic rings. The zero-order valence-corrected chi connectivity index (χ0v) is 11.2. The van der Waals surface area contributed by atoms with Gasteiger partial charge in [0.1, 0.15) is 5.82 Å². The van der Waals surface area contributed by atoms with Crippen LogP contribution in [0.5, 0.6) is 0 Å². The zero-order valence-electron chi connectivity index (χ0n) is 11.2. The molecule has 18 heavy (non-hydrogen) atoms. The van der Waals surface area contributed by atoms with Crippen LogP contribution in [-0.4, -0.2) is 51.2 Å². The lowest BCUT2D eigenvalue weighted by Crippen LogP contribution is -2.52. The summed E-state index contributed by atoms with van der Waals surface area (Å²) in [6, 6.07) is 7.35. The van der Waals surface area contributed by atoms with Gasteiger partial charge >= 0.3 is 0 Å². The Kier molecular flexibility index (Phi) is 4.55. The molecule has 1 aliphatic heterocycles. The highest BCUT2D eigenvalue weighted by Crippen LogP contribution is 2.22. The Labute approximate surface area is 109 Å². The number of piperazine rings is 1. The summed E-state index contributed by atoms with van der Waals surface area (Å²) in [5.74, 6) is -0.167. The van der Waals surface area contributed by atoms with Gasteiger partial charge in [-0.25, -0.2) is 4.39 Å².